The quantitative estimate of drug-likeness (QED) is 0.765. The number of hydrogen-bond donors (Lipinski definition) is 1. The Morgan fingerprint density at radius 1 is 1.17 bits per heavy atom. The third kappa shape index (κ3) is 3.27. The highest BCUT2D eigenvalue weighted by Crippen LogP contribution is 2.26. The largest absolute Gasteiger partial charge is 0.435 e. The number of ether oxygens (including phenoxy) is 1. The van der Waals surface area contributed by atoms with Gasteiger partial charge < -0.3 is 9.72 Å². The summed E-state index contributed by atoms with van der Waals surface area (Å²) in [5.41, 5.74) is 2.27. The Bertz CT molecular complexity index is 905. The maximum absolute atomic E-state index is 12.3. The lowest BCUT2D eigenvalue weighted by atomic mass is 10.0. The molecule has 0 unspecified atom stereocenters. The Morgan fingerprint density at radius 2 is 1.92 bits per heavy atom. The predicted octanol–water partition coefficient (Wildman–Crippen LogP) is 4.14. The number of aromatic amines is 1. The van der Waals surface area contributed by atoms with Gasteiger partial charge in [0.05, 0.1) is 11.1 Å². The Morgan fingerprint density at radius 3 is 2.58 bits per heavy atom. The lowest BCUT2D eigenvalue weighted by Gasteiger charge is -2.09. The smallest absolute Gasteiger partial charge is 0.387 e. The van der Waals surface area contributed by atoms with Crippen LogP contribution >= 0.6 is 0 Å². The molecule has 1 aromatic carbocycles. The maximum Gasteiger partial charge on any atom is 0.387 e. The first-order chi connectivity index (χ1) is 11.6. The van der Waals surface area contributed by atoms with Gasteiger partial charge in [-0.15, -0.1) is 0 Å². The monoisotopic (exact) mass is 330 g/mol. The van der Waals surface area contributed by atoms with Gasteiger partial charge >= 0.3 is 6.61 Å². The van der Waals surface area contributed by atoms with Gasteiger partial charge in [0.25, 0.3) is 5.56 Å². The summed E-state index contributed by atoms with van der Waals surface area (Å²) in [7, 11) is 0. The minimum atomic E-state index is -2.88. The number of alkyl halides is 2. The number of hydrogen-bond acceptors (Lipinski definition) is 3. The Kier molecular flexibility index (Phi) is 4.55. The summed E-state index contributed by atoms with van der Waals surface area (Å²) in [6.07, 6.45) is 3.40. The van der Waals surface area contributed by atoms with Gasteiger partial charge in [-0.05, 0) is 36.2 Å². The minimum Gasteiger partial charge on any atom is -0.435 e. The number of rotatable bonds is 5. The molecule has 0 aliphatic heterocycles. The highest BCUT2D eigenvalue weighted by atomic mass is 19.3. The van der Waals surface area contributed by atoms with Gasteiger partial charge in [0.15, 0.2) is 0 Å². The fourth-order valence-electron chi connectivity index (χ4n) is 2.62. The summed E-state index contributed by atoms with van der Waals surface area (Å²) >= 11 is 0. The van der Waals surface area contributed by atoms with Gasteiger partial charge in [-0.2, -0.15) is 8.78 Å². The molecule has 0 bridgehead atoms. The predicted molar refractivity (Wildman–Crippen MR) is 88.4 cm³/mol. The second kappa shape index (κ2) is 6.78. The Balaban J connectivity index is 2.11. The van der Waals surface area contributed by atoms with Crippen LogP contribution in [0.1, 0.15) is 19.0 Å². The molecule has 0 radical (unpaired) electrons. The minimum absolute atomic E-state index is 0.0463. The number of halogens is 2. The van der Waals surface area contributed by atoms with E-state index in [1.54, 1.807) is 18.3 Å². The molecule has 0 amide bonds. The number of fused-ring (bicyclic) bond motifs is 1. The first kappa shape index (κ1) is 16.1. The third-order valence-corrected chi connectivity index (χ3v) is 3.68. The van der Waals surface area contributed by atoms with Crippen molar-refractivity contribution in [3.63, 3.8) is 0 Å². The van der Waals surface area contributed by atoms with E-state index in [1.165, 1.54) is 12.1 Å². The summed E-state index contributed by atoms with van der Waals surface area (Å²) in [4.78, 5) is 19.6. The van der Waals surface area contributed by atoms with E-state index in [0.717, 1.165) is 23.9 Å². The van der Waals surface area contributed by atoms with Crippen LogP contribution in [0, 0.1) is 0 Å². The zero-order valence-electron chi connectivity index (χ0n) is 13.1. The van der Waals surface area contributed by atoms with E-state index in [9.17, 15) is 13.6 Å². The molecule has 24 heavy (non-hydrogen) atoms. The third-order valence-electron chi connectivity index (χ3n) is 3.68. The van der Waals surface area contributed by atoms with Crippen molar-refractivity contribution in [2.75, 3.05) is 0 Å². The fraction of sp³-hybridized carbons (Fsp3) is 0.222. The number of benzene rings is 1. The number of nitrogens with one attached hydrogen (secondary N) is 1. The van der Waals surface area contributed by atoms with Gasteiger partial charge in [0, 0.05) is 17.3 Å². The Hall–Kier alpha value is -2.76. The van der Waals surface area contributed by atoms with E-state index in [4.69, 9.17) is 0 Å². The van der Waals surface area contributed by atoms with Crippen LogP contribution < -0.4 is 10.3 Å². The van der Waals surface area contributed by atoms with E-state index < -0.39 is 6.61 Å². The van der Waals surface area contributed by atoms with Crippen molar-refractivity contribution in [1.82, 2.24) is 9.97 Å². The molecule has 0 saturated heterocycles. The highest BCUT2D eigenvalue weighted by molar-refractivity contribution is 5.92. The molecule has 2 heterocycles. The van der Waals surface area contributed by atoms with Crippen molar-refractivity contribution in [3.05, 3.63) is 58.6 Å². The van der Waals surface area contributed by atoms with Crippen LogP contribution in [0.3, 0.4) is 0 Å². The van der Waals surface area contributed by atoms with Gasteiger partial charge in [-0.1, -0.05) is 25.5 Å². The van der Waals surface area contributed by atoms with E-state index in [0.29, 0.717) is 16.6 Å². The Labute approximate surface area is 137 Å². The van der Waals surface area contributed by atoms with Crippen LogP contribution in [-0.4, -0.2) is 16.6 Å². The molecule has 6 heteroatoms. The summed E-state index contributed by atoms with van der Waals surface area (Å²) in [6, 6.07) is 9.84. The zero-order chi connectivity index (χ0) is 17.1. The normalized spacial score (nSPS) is 11.2. The van der Waals surface area contributed by atoms with Gasteiger partial charge in [-0.25, -0.2) is 0 Å². The van der Waals surface area contributed by atoms with Crippen LogP contribution in [0.15, 0.2) is 47.4 Å². The first-order valence-electron chi connectivity index (χ1n) is 7.65. The summed E-state index contributed by atoms with van der Waals surface area (Å²) < 4.78 is 28.8. The molecular formula is C18H16F2N2O2. The van der Waals surface area contributed by atoms with Crippen molar-refractivity contribution in [3.8, 4) is 16.9 Å². The van der Waals surface area contributed by atoms with E-state index >= 15 is 0 Å². The molecule has 0 spiro atoms. The molecule has 0 atom stereocenters. The standard InChI is InChI=1S/C18H16F2N2O2/c1-2-3-13-7-4-12-10-21-17(23)15(16(12)22-13)11-5-8-14(9-6-11)24-18(19)20/h4-10,18H,2-3H2,1H3,(H,21,23). The number of aromatic nitrogens is 2. The molecule has 3 aromatic rings. The van der Waals surface area contributed by atoms with Crippen molar-refractivity contribution < 1.29 is 13.5 Å². The molecule has 0 saturated carbocycles. The molecule has 0 aliphatic carbocycles. The van der Waals surface area contributed by atoms with Crippen molar-refractivity contribution in [2.45, 2.75) is 26.4 Å². The number of pyridine rings is 2. The van der Waals surface area contributed by atoms with Crippen LogP contribution in [0.5, 0.6) is 5.75 Å². The van der Waals surface area contributed by atoms with Crippen molar-refractivity contribution in [2.24, 2.45) is 0 Å². The van der Waals surface area contributed by atoms with E-state index in [2.05, 4.69) is 21.6 Å². The second-order valence-corrected chi connectivity index (χ2v) is 5.39. The fourth-order valence-corrected chi connectivity index (χ4v) is 2.62. The number of H-pyrrole nitrogens is 1. The van der Waals surface area contributed by atoms with E-state index in [-0.39, 0.29) is 11.3 Å². The summed E-state index contributed by atoms with van der Waals surface area (Å²) in [5.74, 6) is 0.0463. The summed E-state index contributed by atoms with van der Waals surface area (Å²) in [5, 5.41) is 0.817. The molecule has 0 aliphatic rings. The molecular weight excluding hydrogens is 314 g/mol. The van der Waals surface area contributed by atoms with Gasteiger partial charge in [-0.3, -0.25) is 9.78 Å². The molecule has 1 N–H and O–H groups in total. The maximum atomic E-state index is 12.3. The highest BCUT2D eigenvalue weighted by Gasteiger charge is 2.12. The average molecular weight is 330 g/mol. The van der Waals surface area contributed by atoms with Crippen LogP contribution in [-0.2, 0) is 6.42 Å². The topological polar surface area (TPSA) is 55.0 Å². The SMILES string of the molecule is CCCc1ccc2c[nH]c(=O)c(-c3ccc(OC(F)F)cc3)c2n1. The first-order valence-corrected chi connectivity index (χ1v) is 7.65. The van der Waals surface area contributed by atoms with Crippen LogP contribution in [0.25, 0.3) is 22.0 Å². The molecule has 4 nitrogen and oxygen atoms in total. The second-order valence-electron chi connectivity index (χ2n) is 5.39. The molecule has 3 rings (SSSR count). The van der Waals surface area contributed by atoms with Crippen LogP contribution in [0.4, 0.5) is 8.78 Å². The van der Waals surface area contributed by atoms with Gasteiger partial charge in [0.1, 0.15) is 5.75 Å². The number of aryl methyl sites for hydroxylation is 1. The molecule has 2 aromatic heterocycles. The van der Waals surface area contributed by atoms with Crippen molar-refractivity contribution >= 4 is 10.9 Å². The van der Waals surface area contributed by atoms with Crippen molar-refractivity contribution in [1.29, 1.82) is 0 Å². The zero-order valence-corrected chi connectivity index (χ0v) is 13.1. The lowest BCUT2D eigenvalue weighted by molar-refractivity contribution is -0.0498. The average Bonchev–Trinajstić information content (AvgIpc) is 2.55. The summed E-state index contributed by atoms with van der Waals surface area (Å²) in [6.45, 7) is -0.818. The van der Waals surface area contributed by atoms with E-state index in [1.807, 2.05) is 12.1 Å². The van der Waals surface area contributed by atoms with Crippen LogP contribution in [0.2, 0.25) is 0 Å². The number of nitrogens with zero attached hydrogens (tertiary/aromatic N) is 1. The molecule has 0 fully saturated rings. The van der Waals surface area contributed by atoms with Gasteiger partial charge in [0.2, 0.25) is 0 Å². The lowest BCUT2D eigenvalue weighted by Crippen LogP contribution is -2.10. The molecule has 124 valence electrons.